The standard InChI is InChI=1S/C42H58N4O11/c1-11-31-42(8)35(43-39(51)57-42)25(4)32(47)23(2)22-41(7,56-40(52)44-46-19-17-29(18-20-46)28-15-13-12-14-16-28)36(26(5)33(48)27(6)37(50)54-31)55-38-34(49)30(45(9)10)21-24(3)53-38/h12-20,23-27,30-31,34-36,38,49H,11,21-22H2,1-10H3,(H-,43,44,51,52)/p+1/t23-,24-,25+,26+,27-,30+,31-,34-,35-,36-,38+,41-,42-/m1/s1. The number of benzene rings is 1. The van der Waals surface area contributed by atoms with E-state index >= 15 is 0 Å². The molecule has 1 aromatic carbocycles. The smallest absolute Gasteiger partial charge is 0.458 e. The first-order chi connectivity index (χ1) is 26.8. The number of aliphatic hydroxyl groups excluding tert-OH is 1. The second kappa shape index (κ2) is 17.6. The largest absolute Gasteiger partial charge is 0.461 e. The highest BCUT2D eigenvalue weighted by molar-refractivity contribution is 6.00. The van der Waals surface area contributed by atoms with E-state index in [1.165, 1.54) is 11.6 Å². The number of ketones is 2. The number of amides is 2. The highest BCUT2D eigenvalue weighted by Gasteiger charge is 2.57. The van der Waals surface area contributed by atoms with E-state index in [0.717, 1.165) is 11.1 Å². The first kappa shape index (κ1) is 43.7. The van der Waals surface area contributed by atoms with Crippen molar-refractivity contribution in [3.05, 3.63) is 54.9 Å². The van der Waals surface area contributed by atoms with E-state index in [1.807, 2.05) is 68.4 Å². The number of carbonyl (C=O) groups is 5. The molecule has 3 aliphatic heterocycles. The average Bonchev–Trinajstić information content (AvgIpc) is 3.49. The Hall–Kier alpha value is -4.44. The van der Waals surface area contributed by atoms with E-state index in [2.05, 4.69) is 10.7 Å². The number of nitrogens with zero attached hydrogens (tertiary/aromatic N) is 2. The van der Waals surface area contributed by atoms with Gasteiger partial charge in [-0.25, -0.2) is 9.59 Å². The van der Waals surface area contributed by atoms with Crippen LogP contribution in [0, 0.1) is 23.7 Å². The summed E-state index contributed by atoms with van der Waals surface area (Å²) in [7, 11) is 3.65. The first-order valence-electron chi connectivity index (χ1n) is 19.8. The molecule has 3 N–H and O–H groups in total. The number of alkyl carbamates (subject to hydrolysis) is 1. The number of cyclic esters (lactones) is 1. The van der Waals surface area contributed by atoms with Gasteiger partial charge in [0.05, 0.1) is 12.1 Å². The van der Waals surface area contributed by atoms with Crippen LogP contribution < -0.4 is 15.4 Å². The molecule has 3 saturated heterocycles. The van der Waals surface area contributed by atoms with Crippen LogP contribution in [-0.4, -0.2) is 108 Å². The Balaban J connectivity index is 1.56. The number of carbonyl (C=O) groups excluding carboxylic acids is 5. The van der Waals surface area contributed by atoms with E-state index < -0.39 is 89.5 Å². The van der Waals surface area contributed by atoms with Gasteiger partial charge in [0.1, 0.15) is 35.6 Å². The molecule has 5 rings (SSSR count). The summed E-state index contributed by atoms with van der Waals surface area (Å²) in [6, 6.07) is 12.1. The number of hydrogen-bond donors (Lipinski definition) is 3. The summed E-state index contributed by atoms with van der Waals surface area (Å²) in [5, 5.41) is 14.3. The van der Waals surface area contributed by atoms with E-state index in [-0.39, 0.29) is 30.8 Å². The summed E-state index contributed by atoms with van der Waals surface area (Å²) in [5.41, 5.74) is 1.38. The van der Waals surface area contributed by atoms with Crippen LogP contribution in [0.2, 0.25) is 0 Å². The van der Waals surface area contributed by atoms with Crippen LogP contribution in [0.4, 0.5) is 9.59 Å². The van der Waals surface area contributed by atoms with Gasteiger partial charge in [-0.2, -0.15) is 0 Å². The molecule has 4 heterocycles. The molecule has 312 valence electrons. The molecule has 0 spiro atoms. The molecule has 0 saturated carbocycles. The topological polar surface area (TPSA) is 183 Å². The zero-order chi connectivity index (χ0) is 42.0. The molecule has 3 aliphatic rings. The molecule has 2 aromatic rings. The Morgan fingerprint density at radius 3 is 2.21 bits per heavy atom. The summed E-state index contributed by atoms with van der Waals surface area (Å²) in [6.07, 6.45) is -3.02. The zero-order valence-corrected chi connectivity index (χ0v) is 34.6. The van der Waals surface area contributed by atoms with Gasteiger partial charge in [0.2, 0.25) is 12.4 Å². The van der Waals surface area contributed by atoms with Crippen LogP contribution in [0.5, 0.6) is 0 Å². The van der Waals surface area contributed by atoms with Crippen molar-refractivity contribution in [2.75, 3.05) is 19.5 Å². The summed E-state index contributed by atoms with van der Waals surface area (Å²) in [5.74, 6) is -5.99. The second-order valence-electron chi connectivity index (χ2n) is 16.5. The molecule has 57 heavy (non-hydrogen) atoms. The molecular weight excluding hydrogens is 736 g/mol. The minimum atomic E-state index is -1.77. The van der Waals surface area contributed by atoms with Gasteiger partial charge >= 0.3 is 18.2 Å². The van der Waals surface area contributed by atoms with E-state index in [0.29, 0.717) is 6.42 Å². The minimum absolute atomic E-state index is 0.159. The second-order valence-corrected chi connectivity index (χ2v) is 16.5. The van der Waals surface area contributed by atoms with Crippen molar-refractivity contribution in [2.45, 2.75) is 129 Å². The quantitative estimate of drug-likeness (QED) is 0.158. The number of ether oxygens (including phenoxy) is 5. The number of esters is 1. The molecule has 15 nitrogen and oxygen atoms in total. The predicted molar refractivity (Wildman–Crippen MR) is 207 cm³/mol. The minimum Gasteiger partial charge on any atom is -0.458 e. The van der Waals surface area contributed by atoms with Crippen molar-refractivity contribution < 1.29 is 57.4 Å². The number of aromatic nitrogens is 1. The number of aliphatic hydroxyl groups is 1. The maximum atomic E-state index is 14.4. The maximum absolute atomic E-state index is 14.4. The molecule has 15 heteroatoms. The van der Waals surface area contributed by atoms with Crippen LogP contribution in [0.15, 0.2) is 54.9 Å². The van der Waals surface area contributed by atoms with Gasteiger partial charge < -0.3 is 39.0 Å². The van der Waals surface area contributed by atoms with Crippen LogP contribution >= 0.6 is 0 Å². The summed E-state index contributed by atoms with van der Waals surface area (Å²) in [4.78, 5) is 71.2. The van der Waals surface area contributed by atoms with Crippen molar-refractivity contribution in [2.24, 2.45) is 23.7 Å². The normalized spacial score (nSPS) is 36.7. The lowest BCUT2D eigenvalue weighted by Gasteiger charge is -2.46. The fourth-order valence-electron chi connectivity index (χ4n) is 8.75. The van der Waals surface area contributed by atoms with E-state index in [1.54, 1.807) is 53.9 Å². The number of likely N-dealkylation sites (N-methyl/N-ethyl adjacent to an activating group) is 1. The van der Waals surface area contributed by atoms with Crippen molar-refractivity contribution in [3.8, 4) is 11.1 Å². The molecule has 3 fully saturated rings. The molecule has 1 aromatic heterocycles. The number of nitrogens with one attached hydrogen (secondary N) is 2. The van der Waals surface area contributed by atoms with Crippen molar-refractivity contribution >= 4 is 29.7 Å². The molecule has 13 atom stereocenters. The fraction of sp³-hybridized carbons (Fsp3) is 0.619. The lowest BCUT2D eigenvalue weighted by atomic mass is 9.73. The maximum Gasteiger partial charge on any atom is 0.461 e. The van der Waals surface area contributed by atoms with E-state index in [4.69, 9.17) is 23.7 Å². The molecule has 0 radical (unpaired) electrons. The first-order valence-corrected chi connectivity index (χ1v) is 19.8. The Labute approximate surface area is 334 Å². The predicted octanol–water partition coefficient (Wildman–Crippen LogP) is 4.17. The van der Waals surface area contributed by atoms with Gasteiger partial charge in [-0.1, -0.05) is 68.1 Å². The Morgan fingerprint density at radius 1 is 0.965 bits per heavy atom. The van der Waals surface area contributed by atoms with Crippen molar-refractivity contribution in [3.63, 3.8) is 0 Å². The van der Waals surface area contributed by atoms with Crippen LogP contribution in [0.3, 0.4) is 0 Å². The van der Waals surface area contributed by atoms with Crippen molar-refractivity contribution in [1.29, 1.82) is 0 Å². The van der Waals surface area contributed by atoms with Crippen LogP contribution in [-0.2, 0) is 38.1 Å². The molecular formula is C42H59N4O11+. The number of rotatable bonds is 7. The summed E-state index contributed by atoms with van der Waals surface area (Å²) in [6.45, 7) is 13.1. The molecule has 0 bridgehead atoms. The van der Waals surface area contributed by atoms with Crippen LogP contribution in [0.1, 0.15) is 74.7 Å². The Bertz CT molecular complexity index is 1780. The van der Waals surface area contributed by atoms with Crippen LogP contribution in [0.25, 0.3) is 11.1 Å². The zero-order valence-electron chi connectivity index (χ0n) is 34.6. The lowest BCUT2D eigenvalue weighted by Crippen LogP contribution is -2.61. The van der Waals surface area contributed by atoms with Crippen molar-refractivity contribution in [1.82, 2.24) is 10.2 Å². The third-order valence-electron chi connectivity index (χ3n) is 11.9. The monoisotopic (exact) mass is 795 g/mol. The van der Waals surface area contributed by atoms with Gasteiger partial charge in [0, 0.05) is 35.9 Å². The van der Waals surface area contributed by atoms with Gasteiger partial charge in [-0.05, 0) is 72.2 Å². The fourth-order valence-corrected chi connectivity index (χ4v) is 8.75. The van der Waals surface area contributed by atoms with Gasteiger partial charge in [-0.3, -0.25) is 14.4 Å². The van der Waals surface area contributed by atoms with E-state index in [9.17, 15) is 29.1 Å². The SMILES string of the molecule is CC[C@H]1OC(=O)[C@H](C)C(=O)[C@H](C)[C@@H](O[C@@H]2O[C@H](C)C[C@H](N(C)C)[C@H]2O)[C@](C)(OC(=O)N[n+]2ccc(-c3ccccc3)cc2)C[C@@H](C)C(=O)[C@H](C)[C@H]2NC(=O)O[C@@]21C. The summed E-state index contributed by atoms with van der Waals surface area (Å²) < 4.78 is 32.1. The number of pyridine rings is 1. The van der Waals surface area contributed by atoms with Gasteiger partial charge in [0.15, 0.2) is 17.7 Å². The Kier molecular flexibility index (Phi) is 13.5. The third-order valence-corrected chi connectivity index (χ3v) is 11.9. The lowest BCUT2D eigenvalue weighted by molar-refractivity contribution is -0.642. The molecule has 0 aliphatic carbocycles. The third kappa shape index (κ3) is 9.32. The van der Waals surface area contributed by atoms with Gasteiger partial charge in [0.25, 0.3) is 0 Å². The molecule has 2 amide bonds. The highest BCUT2D eigenvalue weighted by atomic mass is 16.7. The average molecular weight is 796 g/mol. The number of fused-ring (bicyclic) bond motifs is 1. The van der Waals surface area contributed by atoms with Gasteiger partial charge in [-0.15, -0.1) is 0 Å². The number of Topliss-reactive ketones (excluding diaryl/α,β-unsaturated/α-hetero) is 2. The number of hydrogen-bond acceptors (Lipinski definition) is 12. The highest BCUT2D eigenvalue weighted by Crippen LogP contribution is 2.40. The summed E-state index contributed by atoms with van der Waals surface area (Å²) >= 11 is 0. The molecule has 0 unspecified atom stereocenters. The Morgan fingerprint density at radius 2 is 1.60 bits per heavy atom.